The van der Waals surface area contributed by atoms with Crippen molar-refractivity contribution in [2.45, 2.75) is 25.3 Å². The monoisotopic (exact) mass is 389 g/mol. The van der Waals surface area contributed by atoms with Crippen LogP contribution < -0.4 is 0 Å². The number of piperidine rings is 1. The van der Waals surface area contributed by atoms with Gasteiger partial charge in [0.2, 0.25) is 0 Å². The molecule has 1 saturated heterocycles. The first kappa shape index (κ1) is 18.1. The van der Waals surface area contributed by atoms with Crippen LogP contribution in [0.3, 0.4) is 0 Å². The number of nitrogens with zero attached hydrogens (tertiary/aromatic N) is 4. The van der Waals surface area contributed by atoms with Gasteiger partial charge in [0.25, 0.3) is 0 Å². The van der Waals surface area contributed by atoms with Gasteiger partial charge in [-0.3, -0.25) is 9.58 Å². The molecule has 4 aromatic rings. The summed E-state index contributed by atoms with van der Waals surface area (Å²) in [7, 11) is 1.92. The van der Waals surface area contributed by atoms with E-state index >= 15 is 0 Å². The number of halogens is 1. The molecule has 0 saturated carbocycles. The first-order chi connectivity index (χ1) is 14.2. The van der Waals surface area contributed by atoms with Crippen molar-refractivity contribution in [2.75, 3.05) is 13.1 Å². The Morgan fingerprint density at radius 3 is 2.86 bits per heavy atom. The quantitative estimate of drug-likeness (QED) is 0.560. The highest BCUT2D eigenvalue weighted by atomic mass is 19.1. The van der Waals surface area contributed by atoms with E-state index in [1.54, 1.807) is 12.1 Å². The molecule has 29 heavy (non-hydrogen) atoms. The fraction of sp³-hybridized carbons (Fsp3) is 0.304. The zero-order valence-electron chi connectivity index (χ0n) is 16.5. The fourth-order valence-electron chi connectivity index (χ4n) is 4.49. The third-order valence-corrected chi connectivity index (χ3v) is 5.91. The number of aryl methyl sites for hydroxylation is 1. The number of hydrogen-bond donors (Lipinski definition) is 1. The standard InChI is InChI=1S/C23H24FN5/c1-28-14-18(22(27-28)17-4-2-5-19(24)12-17)15-29-10-7-16(8-11-29)21-13-26-23-20(21)6-3-9-25-23/h2-6,9,12-14,16H,7-8,10-11,15H2,1H3,(H,25,26). The molecule has 1 aliphatic heterocycles. The normalized spacial score (nSPS) is 15.9. The second-order valence-electron chi connectivity index (χ2n) is 7.88. The van der Waals surface area contributed by atoms with Crippen molar-refractivity contribution in [3.05, 3.63) is 71.9 Å². The molecule has 0 radical (unpaired) electrons. The molecule has 6 heteroatoms. The molecular weight excluding hydrogens is 365 g/mol. The maximum absolute atomic E-state index is 13.7. The number of fused-ring (bicyclic) bond motifs is 1. The minimum atomic E-state index is -0.229. The first-order valence-electron chi connectivity index (χ1n) is 10.1. The summed E-state index contributed by atoms with van der Waals surface area (Å²) in [5.74, 6) is 0.328. The molecule has 5 rings (SSSR count). The average molecular weight is 389 g/mol. The van der Waals surface area contributed by atoms with Crippen molar-refractivity contribution in [3.8, 4) is 11.3 Å². The lowest BCUT2D eigenvalue weighted by Gasteiger charge is -2.31. The van der Waals surface area contributed by atoms with E-state index in [1.807, 2.05) is 30.1 Å². The van der Waals surface area contributed by atoms with Crippen molar-refractivity contribution in [3.63, 3.8) is 0 Å². The van der Waals surface area contributed by atoms with Crippen molar-refractivity contribution in [1.82, 2.24) is 24.6 Å². The van der Waals surface area contributed by atoms with Gasteiger partial charge in [0, 0.05) is 48.7 Å². The molecule has 5 nitrogen and oxygen atoms in total. The van der Waals surface area contributed by atoms with E-state index in [0.717, 1.165) is 54.9 Å². The van der Waals surface area contributed by atoms with Crippen LogP contribution in [0.2, 0.25) is 0 Å². The van der Waals surface area contributed by atoms with Gasteiger partial charge in [-0.2, -0.15) is 5.10 Å². The van der Waals surface area contributed by atoms with E-state index in [2.05, 4.69) is 38.4 Å². The highest BCUT2D eigenvalue weighted by molar-refractivity contribution is 5.80. The molecule has 1 aliphatic rings. The molecule has 3 aromatic heterocycles. The van der Waals surface area contributed by atoms with Crippen LogP contribution in [0.4, 0.5) is 4.39 Å². The molecule has 0 aliphatic carbocycles. The van der Waals surface area contributed by atoms with Crippen LogP contribution in [0.25, 0.3) is 22.3 Å². The Kier molecular flexibility index (Phi) is 4.64. The van der Waals surface area contributed by atoms with Crippen LogP contribution in [0, 0.1) is 5.82 Å². The second kappa shape index (κ2) is 7.44. The molecule has 0 bridgehead atoms. The fourth-order valence-corrected chi connectivity index (χ4v) is 4.49. The number of rotatable bonds is 4. The van der Waals surface area contributed by atoms with Gasteiger partial charge >= 0.3 is 0 Å². The summed E-state index contributed by atoms with van der Waals surface area (Å²) in [6.45, 7) is 2.91. The van der Waals surface area contributed by atoms with Crippen LogP contribution in [0.5, 0.6) is 0 Å². The molecule has 0 amide bonds. The summed E-state index contributed by atoms with van der Waals surface area (Å²) < 4.78 is 15.5. The van der Waals surface area contributed by atoms with E-state index < -0.39 is 0 Å². The highest BCUT2D eigenvalue weighted by Gasteiger charge is 2.24. The number of aromatic nitrogens is 4. The van der Waals surface area contributed by atoms with Gasteiger partial charge in [-0.25, -0.2) is 9.37 Å². The van der Waals surface area contributed by atoms with E-state index in [0.29, 0.717) is 5.92 Å². The van der Waals surface area contributed by atoms with Crippen molar-refractivity contribution < 1.29 is 4.39 Å². The smallest absolute Gasteiger partial charge is 0.137 e. The van der Waals surface area contributed by atoms with Gasteiger partial charge in [-0.1, -0.05) is 12.1 Å². The van der Waals surface area contributed by atoms with Gasteiger partial charge in [-0.15, -0.1) is 0 Å². The molecule has 1 aromatic carbocycles. The summed E-state index contributed by atoms with van der Waals surface area (Å²) in [5, 5.41) is 5.83. The summed E-state index contributed by atoms with van der Waals surface area (Å²) in [6, 6.07) is 10.9. The SMILES string of the molecule is Cn1cc(CN2CCC(c3c[nH]c4ncccc34)CC2)c(-c2cccc(F)c2)n1. The van der Waals surface area contributed by atoms with Gasteiger partial charge in [-0.05, 0) is 61.7 Å². The Hall–Kier alpha value is -2.99. The molecule has 0 unspecified atom stereocenters. The van der Waals surface area contributed by atoms with Crippen molar-refractivity contribution >= 4 is 11.0 Å². The predicted molar refractivity (Wildman–Crippen MR) is 112 cm³/mol. The minimum Gasteiger partial charge on any atom is -0.346 e. The molecule has 0 atom stereocenters. The number of likely N-dealkylation sites (tertiary alicyclic amines) is 1. The Morgan fingerprint density at radius 2 is 2.03 bits per heavy atom. The molecule has 4 heterocycles. The topological polar surface area (TPSA) is 49.7 Å². The average Bonchev–Trinajstić information content (AvgIpc) is 3.32. The number of aromatic amines is 1. The first-order valence-corrected chi connectivity index (χ1v) is 10.1. The van der Waals surface area contributed by atoms with E-state index in [-0.39, 0.29) is 5.82 Å². The molecule has 1 fully saturated rings. The Bertz CT molecular complexity index is 1140. The number of nitrogens with one attached hydrogen (secondary N) is 1. The molecule has 148 valence electrons. The summed E-state index contributed by atoms with van der Waals surface area (Å²) in [6.07, 6.45) is 8.25. The molecule has 0 spiro atoms. The third kappa shape index (κ3) is 3.56. The summed E-state index contributed by atoms with van der Waals surface area (Å²) >= 11 is 0. The Morgan fingerprint density at radius 1 is 1.17 bits per heavy atom. The lowest BCUT2D eigenvalue weighted by atomic mass is 9.89. The Labute approximate surface area is 169 Å². The second-order valence-corrected chi connectivity index (χ2v) is 7.88. The van der Waals surface area contributed by atoms with Gasteiger partial charge < -0.3 is 4.98 Å². The van der Waals surface area contributed by atoms with Gasteiger partial charge in [0.15, 0.2) is 0 Å². The minimum absolute atomic E-state index is 0.229. The Balaban J connectivity index is 1.30. The van der Waals surface area contributed by atoms with Crippen molar-refractivity contribution in [2.24, 2.45) is 7.05 Å². The number of H-pyrrole nitrogens is 1. The molecule has 1 N–H and O–H groups in total. The summed E-state index contributed by atoms with van der Waals surface area (Å²) in [4.78, 5) is 10.2. The van der Waals surface area contributed by atoms with Crippen LogP contribution >= 0.6 is 0 Å². The van der Waals surface area contributed by atoms with Crippen LogP contribution in [-0.2, 0) is 13.6 Å². The van der Waals surface area contributed by atoms with Crippen LogP contribution in [-0.4, -0.2) is 37.7 Å². The lowest BCUT2D eigenvalue weighted by Crippen LogP contribution is -2.32. The number of pyridine rings is 1. The third-order valence-electron chi connectivity index (χ3n) is 5.91. The largest absolute Gasteiger partial charge is 0.346 e. The van der Waals surface area contributed by atoms with Crippen molar-refractivity contribution in [1.29, 1.82) is 0 Å². The number of hydrogen-bond acceptors (Lipinski definition) is 3. The van der Waals surface area contributed by atoms with Crippen LogP contribution in [0.1, 0.15) is 29.9 Å². The zero-order chi connectivity index (χ0) is 19.8. The maximum Gasteiger partial charge on any atom is 0.137 e. The van der Waals surface area contributed by atoms with Gasteiger partial charge in [0.05, 0.1) is 5.69 Å². The summed E-state index contributed by atoms with van der Waals surface area (Å²) in [5.41, 5.74) is 5.21. The predicted octanol–water partition coefficient (Wildman–Crippen LogP) is 4.48. The maximum atomic E-state index is 13.7. The van der Waals surface area contributed by atoms with Crippen LogP contribution in [0.15, 0.2) is 55.0 Å². The lowest BCUT2D eigenvalue weighted by molar-refractivity contribution is 0.205. The van der Waals surface area contributed by atoms with Gasteiger partial charge in [0.1, 0.15) is 11.5 Å². The molecular formula is C23H24FN5. The highest BCUT2D eigenvalue weighted by Crippen LogP contribution is 2.33. The van der Waals surface area contributed by atoms with E-state index in [1.165, 1.54) is 17.0 Å². The zero-order valence-corrected chi connectivity index (χ0v) is 16.5. The van der Waals surface area contributed by atoms with E-state index in [4.69, 9.17) is 0 Å². The number of benzene rings is 1. The van der Waals surface area contributed by atoms with E-state index in [9.17, 15) is 4.39 Å².